The van der Waals surface area contributed by atoms with E-state index in [1.807, 2.05) is 34.9 Å². The number of nitrogens with two attached hydrogens (primary N) is 1. The van der Waals surface area contributed by atoms with Crippen LogP contribution in [0.3, 0.4) is 0 Å². The minimum absolute atomic E-state index is 0.0406. The highest BCUT2D eigenvalue weighted by Crippen LogP contribution is 2.22. The fraction of sp³-hybridized carbons (Fsp3) is 0.0667. The Bertz CT molecular complexity index is 701. The lowest BCUT2D eigenvalue weighted by atomic mass is 10.2. The van der Waals surface area contributed by atoms with E-state index in [4.69, 9.17) is 10.8 Å². The monoisotopic (exact) mass is 266 g/mol. The van der Waals surface area contributed by atoms with Crippen molar-refractivity contribution < 1.29 is 5.11 Å². The van der Waals surface area contributed by atoms with Gasteiger partial charge in [-0.1, -0.05) is 12.1 Å². The highest BCUT2D eigenvalue weighted by atomic mass is 16.3. The minimum atomic E-state index is 0.0406. The van der Waals surface area contributed by atoms with E-state index in [1.165, 1.54) is 0 Å². The van der Waals surface area contributed by atoms with E-state index in [2.05, 4.69) is 9.97 Å². The van der Waals surface area contributed by atoms with Gasteiger partial charge in [-0.15, -0.1) is 0 Å². The molecule has 3 aromatic rings. The van der Waals surface area contributed by atoms with Gasteiger partial charge in [0.25, 0.3) is 0 Å². The van der Waals surface area contributed by atoms with Gasteiger partial charge in [-0.05, 0) is 29.8 Å². The molecule has 0 spiro atoms. The molecule has 5 nitrogen and oxygen atoms in total. The molecule has 0 atom stereocenters. The van der Waals surface area contributed by atoms with E-state index < -0.39 is 0 Å². The van der Waals surface area contributed by atoms with E-state index in [9.17, 15) is 0 Å². The Morgan fingerprint density at radius 1 is 1.05 bits per heavy atom. The van der Waals surface area contributed by atoms with Gasteiger partial charge in [0.05, 0.1) is 24.8 Å². The van der Waals surface area contributed by atoms with Crippen molar-refractivity contribution in [3.63, 3.8) is 0 Å². The Kier molecular flexibility index (Phi) is 3.18. The second kappa shape index (κ2) is 5.14. The summed E-state index contributed by atoms with van der Waals surface area (Å²) < 4.78 is 1.97. The van der Waals surface area contributed by atoms with Crippen LogP contribution >= 0.6 is 0 Å². The first-order valence-electron chi connectivity index (χ1n) is 6.22. The van der Waals surface area contributed by atoms with Crippen LogP contribution in [0.2, 0.25) is 0 Å². The van der Waals surface area contributed by atoms with Crippen LogP contribution in [0.4, 0.5) is 5.82 Å². The SMILES string of the molecule is Nc1ccc(-c2cncn2-c2ccc(CO)cc2)cn1. The van der Waals surface area contributed by atoms with E-state index in [1.54, 1.807) is 24.8 Å². The number of aliphatic hydroxyl groups excluding tert-OH is 1. The molecule has 0 aliphatic rings. The van der Waals surface area contributed by atoms with Crippen LogP contribution in [0.5, 0.6) is 0 Å². The maximum absolute atomic E-state index is 9.08. The average molecular weight is 266 g/mol. The number of aromatic nitrogens is 3. The predicted molar refractivity (Wildman–Crippen MR) is 77.1 cm³/mol. The third-order valence-electron chi connectivity index (χ3n) is 3.12. The second-order valence-electron chi connectivity index (χ2n) is 4.45. The Labute approximate surface area is 116 Å². The molecule has 2 aromatic heterocycles. The Balaban J connectivity index is 2.02. The van der Waals surface area contributed by atoms with Crippen LogP contribution in [0, 0.1) is 0 Å². The summed E-state index contributed by atoms with van der Waals surface area (Å²) in [7, 11) is 0. The number of benzene rings is 1. The second-order valence-corrected chi connectivity index (χ2v) is 4.45. The Hall–Kier alpha value is -2.66. The van der Waals surface area contributed by atoms with E-state index in [0.717, 1.165) is 22.5 Å². The molecular formula is C15H14N4O. The molecule has 3 N–H and O–H groups in total. The molecule has 0 radical (unpaired) electrons. The number of imidazole rings is 1. The zero-order chi connectivity index (χ0) is 13.9. The summed E-state index contributed by atoms with van der Waals surface area (Å²) in [6.45, 7) is 0.0406. The number of hydrogen-bond donors (Lipinski definition) is 2. The molecule has 0 fully saturated rings. The van der Waals surface area contributed by atoms with Crippen LogP contribution in [-0.4, -0.2) is 19.6 Å². The molecule has 0 aliphatic carbocycles. The molecule has 0 saturated heterocycles. The van der Waals surface area contributed by atoms with Crippen molar-refractivity contribution in [2.75, 3.05) is 5.73 Å². The van der Waals surface area contributed by atoms with Gasteiger partial charge >= 0.3 is 0 Å². The van der Waals surface area contributed by atoms with Gasteiger partial charge in [0, 0.05) is 17.4 Å². The van der Waals surface area contributed by atoms with E-state index in [0.29, 0.717) is 5.82 Å². The molecule has 20 heavy (non-hydrogen) atoms. The van der Waals surface area contributed by atoms with Gasteiger partial charge in [0.2, 0.25) is 0 Å². The lowest BCUT2D eigenvalue weighted by Gasteiger charge is -2.08. The first-order valence-corrected chi connectivity index (χ1v) is 6.22. The van der Waals surface area contributed by atoms with Crippen molar-refractivity contribution >= 4 is 5.82 Å². The van der Waals surface area contributed by atoms with Crippen LogP contribution in [0.15, 0.2) is 55.1 Å². The molecule has 1 aromatic carbocycles. The van der Waals surface area contributed by atoms with Gasteiger partial charge in [-0.25, -0.2) is 9.97 Å². The lowest BCUT2D eigenvalue weighted by molar-refractivity contribution is 0.282. The first-order chi connectivity index (χ1) is 9.78. The lowest BCUT2D eigenvalue weighted by Crippen LogP contribution is -1.97. The first kappa shape index (κ1) is 12.4. The van der Waals surface area contributed by atoms with Crippen LogP contribution < -0.4 is 5.73 Å². The third kappa shape index (κ3) is 2.26. The smallest absolute Gasteiger partial charge is 0.123 e. The van der Waals surface area contributed by atoms with E-state index in [-0.39, 0.29) is 6.61 Å². The largest absolute Gasteiger partial charge is 0.392 e. The van der Waals surface area contributed by atoms with Gasteiger partial charge in [0.15, 0.2) is 0 Å². The zero-order valence-electron chi connectivity index (χ0n) is 10.8. The maximum atomic E-state index is 9.08. The summed E-state index contributed by atoms with van der Waals surface area (Å²) >= 11 is 0. The quantitative estimate of drug-likeness (QED) is 0.760. The number of rotatable bonds is 3. The van der Waals surface area contributed by atoms with Crippen LogP contribution in [-0.2, 0) is 6.61 Å². The molecule has 2 heterocycles. The maximum Gasteiger partial charge on any atom is 0.123 e. The van der Waals surface area contributed by atoms with Crippen LogP contribution in [0.1, 0.15) is 5.56 Å². The number of hydrogen-bond acceptors (Lipinski definition) is 4. The summed E-state index contributed by atoms with van der Waals surface area (Å²) in [6.07, 6.45) is 5.26. The fourth-order valence-corrected chi connectivity index (χ4v) is 2.03. The van der Waals surface area contributed by atoms with Gasteiger partial charge in [-0.3, -0.25) is 4.57 Å². The standard InChI is InChI=1S/C15H14N4O/c16-15-6-3-12(7-18-15)14-8-17-10-19(14)13-4-1-11(9-20)2-5-13/h1-8,10,20H,9H2,(H2,16,18). The summed E-state index contributed by atoms with van der Waals surface area (Å²) in [5, 5.41) is 9.08. The van der Waals surface area contributed by atoms with Crippen molar-refractivity contribution in [2.24, 2.45) is 0 Å². The highest BCUT2D eigenvalue weighted by molar-refractivity contribution is 5.62. The predicted octanol–water partition coefficient (Wildman–Crippen LogP) is 2.01. The summed E-state index contributed by atoms with van der Waals surface area (Å²) in [5.41, 5.74) is 9.35. The molecule has 5 heteroatoms. The average Bonchev–Trinajstić information content (AvgIpc) is 2.97. The van der Waals surface area contributed by atoms with Gasteiger partial charge in [0.1, 0.15) is 5.82 Å². The van der Waals surface area contributed by atoms with Crippen molar-refractivity contribution in [1.82, 2.24) is 14.5 Å². The number of anilines is 1. The van der Waals surface area contributed by atoms with Crippen LogP contribution in [0.25, 0.3) is 16.9 Å². The Morgan fingerprint density at radius 2 is 1.85 bits per heavy atom. The Morgan fingerprint density at radius 3 is 2.50 bits per heavy atom. The van der Waals surface area contributed by atoms with Gasteiger partial charge < -0.3 is 10.8 Å². The van der Waals surface area contributed by atoms with Crippen molar-refractivity contribution in [3.05, 3.63) is 60.7 Å². The zero-order valence-corrected chi connectivity index (χ0v) is 10.8. The van der Waals surface area contributed by atoms with Gasteiger partial charge in [-0.2, -0.15) is 0 Å². The third-order valence-corrected chi connectivity index (χ3v) is 3.12. The molecule has 0 aliphatic heterocycles. The number of aliphatic hydroxyl groups is 1. The molecule has 3 rings (SSSR count). The number of nitrogens with zero attached hydrogens (tertiary/aromatic N) is 3. The summed E-state index contributed by atoms with van der Waals surface area (Å²) in [4.78, 5) is 8.30. The fourth-order valence-electron chi connectivity index (χ4n) is 2.03. The minimum Gasteiger partial charge on any atom is -0.392 e. The van der Waals surface area contributed by atoms with E-state index >= 15 is 0 Å². The summed E-state index contributed by atoms with van der Waals surface area (Å²) in [5.74, 6) is 0.493. The molecular weight excluding hydrogens is 252 g/mol. The normalized spacial score (nSPS) is 10.7. The molecule has 0 saturated carbocycles. The molecule has 0 bridgehead atoms. The molecule has 100 valence electrons. The number of pyridine rings is 1. The molecule has 0 unspecified atom stereocenters. The van der Waals surface area contributed by atoms with Crippen molar-refractivity contribution in [2.45, 2.75) is 6.61 Å². The summed E-state index contributed by atoms with van der Waals surface area (Å²) in [6, 6.07) is 11.4. The topological polar surface area (TPSA) is 77.0 Å². The number of nitrogen functional groups attached to an aromatic ring is 1. The highest BCUT2D eigenvalue weighted by Gasteiger charge is 2.07. The van der Waals surface area contributed by atoms with Crippen molar-refractivity contribution in [3.8, 4) is 16.9 Å². The van der Waals surface area contributed by atoms with Crippen molar-refractivity contribution in [1.29, 1.82) is 0 Å². The molecule has 0 amide bonds.